The monoisotopic (exact) mass is 310 g/mol. The highest BCUT2D eigenvalue weighted by Crippen LogP contribution is 2.20. The number of hydrogen-bond acceptors (Lipinski definition) is 2. The molecule has 3 N–H and O–H groups in total. The Morgan fingerprint density at radius 1 is 1.44 bits per heavy atom. The van der Waals surface area contributed by atoms with E-state index in [1.54, 1.807) is 18.2 Å². The van der Waals surface area contributed by atoms with Gasteiger partial charge >= 0.3 is 0 Å². The van der Waals surface area contributed by atoms with Crippen molar-refractivity contribution in [3.8, 4) is 0 Å². The summed E-state index contributed by atoms with van der Waals surface area (Å²) >= 11 is 11.8. The zero-order chi connectivity index (χ0) is 12.8. The average Bonchev–Trinajstić information content (AvgIpc) is 2.27. The summed E-state index contributed by atoms with van der Waals surface area (Å²) < 4.78 is 0. The quantitative estimate of drug-likeness (QED) is 0.877. The van der Waals surface area contributed by atoms with Crippen molar-refractivity contribution in [1.82, 2.24) is 5.32 Å². The first-order valence-electron chi connectivity index (χ1n) is 5.51. The Labute approximate surface area is 123 Å². The number of halogens is 3. The van der Waals surface area contributed by atoms with Gasteiger partial charge in [0.05, 0.1) is 6.04 Å². The van der Waals surface area contributed by atoms with Gasteiger partial charge in [0.25, 0.3) is 0 Å². The summed E-state index contributed by atoms with van der Waals surface area (Å²) in [5, 5.41) is 3.87. The molecular formula is C12H17Cl3N2O. The molecule has 1 atom stereocenters. The first kappa shape index (κ1) is 17.5. The van der Waals surface area contributed by atoms with Crippen LogP contribution in [-0.4, -0.2) is 11.9 Å². The lowest BCUT2D eigenvalue weighted by molar-refractivity contribution is -0.122. The third-order valence-electron chi connectivity index (χ3n) is 2.40. The maximum Gasteiger partial charge on any atom is 0.237 e. The highest BCUT2D eigenvalue weighted by Gasteiger charge is 2.12. The summed E-state index contributed by atoms with van der Waals surface area (Å²) in [5.41, 5.74) is 6.51. The Hall–Kier alpha value is -0.480. The molecule has 1 amide bonds. The van der Waals surface area contributed by atoms with E-state index in [1.165, 1.54) is 0 Å². The standard InChI is InChI=1S/C12H16Cl2N2O.ClH/c1-2-3-11(15)12(17)16-7-8-4-5-9(13)6-10(8)14;/h4-6,11H,2-3,7,15H2,1H3,(H,16,17);1H. The third-order valence-corrected chi connectivity index (χ3v) is 2.99. The Balaban J connectivity index is 0.00000289. The van der Waals surface area contributed by atoms with Gasteiger partial charge in [-0.15, -0.1) is 12.4 Å². The molecule has 0 saturated carbocycles. The van der Waals surface area contributed by atoms with Crippen LogP contribution in [0.15, 0.2) is 18.2 Å². The molecule has 3 nitrogen and oxygen atoms in total. The fourth-order valence-electron chi connectivity index (χ4n) is 1.42. The van der Waals surface area contributed by atoms with Gasteiger partial charge in [-0.05, 0) is 24.1 Å². The molecule has 0 saturated heterocycles. The van der Waals surface area contributed by atoms with E-state index >= 15 is 0 Å². The van der Waals surface area contributed by atoms with Crippen LogP contribution in [0.5, 0.6) is 0 Å². The summed E-state index contributed by atoms with van der Waals surface area (Å²) in [6.07, 6.45) is 1.57. The molecule has 1 unspecified atom stereocenters. The minimum atomic E-state index is -0.453. The molecule has 1 aromatic carbocycles. The second-order valence-electron chi connectivity index (χ2n) is 3.85. The first-order chi connectivity index (χ1) is 8.04. The van der Waals surface area contributed by atoms with Gasteiger partial charge in [0, 0.05) is 16.6 Å². The van der Waals surface area contributed by atoms with E-state index in [4.69, 9.17) is 28.9 Å². The summed E-state index contributed by atoms with van der Waals surface area (Å²) in [7, 11) is 0. The molecule has 18 heavy (non-hydrogen) atoms. The molecule has 0 aliphatic rings. The lowest BCUT2D eigenvalue weighted by Gasteiger charge is -2.12. The normalized spacial score (nSPS) is 11.6. The predicted molar refractivity (Wildman–Crippen MR) is 78.4 cm³/mol. The summed E-state index contributed by atoms with van der Waals surface area (Å²) in [6.45, 7) is 2.36. The Morgan fingerprint density at radius 3 is 2.67 bits per heavy atom. The molecule has 0 aliphatic carbocycles. The van der Waals surface area contributed by atoms with Gasteiger partial charge in [-0.25, -0.2) is 0 Å². The third kappa shape index (κ3) is 5.44. The zero-order valence-corrected chi connectivity index (χ0v) is 12.4. The summed E-state index contributed by atoms with van der Waals surface area (Å²) in [5.74, 6) is -0.155. The molecule has 102 valence electrons. The van der Waals surface area contributed by atoms with Gasteiger partial charge < -0.3 is 11.1 Å². The number of carbonyl (C=O) groups is 1. The van der Waals surface area contributed by atoms with Gasteiger partial charge in [-0.2, -0.15) is 0 Å². The van der Waals surface area contributed by atoms with Crippen LogP contribution in [-0.2, 0) is 11.3 Å². The Kier molecular flexibility index (Phi) is 8.36. The number of nitrogens with one attached hydrogen (secondary N) is 1. The lowest BCUT2D eigenvalue weighted by atomic mass is 10.1. The minimum absolute atomic E-state index is 0. The highest BCUT2D eigenvalue weighted by atomic mass is 35.5. The number of carbonyl (C=O) groups excluding carboxylic acids is 1. The van der Waals surface area contributed by atoms with Crippen LogP contribution in [0.4, 0.5) is 0 Å². The maximum atomic E-state index is 11.6. The van der Waals surface area contributed by atoms with Crippen LogP contribution < -0.4 is 11.1 Å². The smallest absolute Gasteiger partial charge is 0.237 e. The summed E-state index contributed by atoms with van der Waals surface area (Å²) in [4.78, 5) is 11.6. The number of amides is 1. The van der Waals surface area contributed by atoms with Crippen molar-refractivity contribution in [2.75, 3.05) is 0 Å². The number of hydrogen-bond donors (Lipinski definition) is 2. The van der Waals surface area contributed by atoms with E-state index < -0.39 is 6.04 Å². The molecule has 0 heterocycles. The maximum absolute atomic E-state index is 11.6. The van der Waals surface area contributed by atoms with Crippen molar-refractivity contribution < 1.29 is 4.79 Å². The second kappa shape index (κ2) is 8.59. The van der Waals surface area contributed by atoms with Crippen molar-refractivity contribution in [2.24, 2.45) is 5.73 Å². The van der Waals surface area contributed by atoms with Crippen LogP contribution in [0, 0.1) is 0 Å². The zero-order valence-electron chi connectivity index (χ0n) is 10.1. The molecular weight excluding hydrogens is 295 g/mol. The molecule has 0 radical (unpaired) electrons. The molecule has 1 aromatic rings. The van der Waals surface area contributed by atoms with Crippen molar-refractivity contribution in [3.05, 3.63) is 33.8 Å². The van der Waals surface area contributed by atoms with Gasteiger partial charge in [0.15, 0.2) is 0 Å². The minimum Gasteiger partial charge on any atom is -0.351 e. The van der Waals surface area contributed by atoms with E-state index in [9.17, 15) is 4.79 Å². The summed E-state index contributed by atoms with van der Waals surface area (Å²) in [6, 6.07) is 4.72. The molecule has 0 fully saturated rings. The number of benzene rings is 1. The Morgan fingerprint density at radius 2 is 2.11 bits per heavy atom. The fraction of sp³-hybridized carbons (Fsp3) is 0.417. The average molecular weight is 312 g/mol. The lowest BCUT2D eigenvalue weighted by Crippen LogP contribution is -2.40. The molecule has 0 spiro atoms. The topological polar surface area (TPSA) is 55.1 Å². The largest absolute Gasteiger partial charge is 0.351 e. The molecule has 6 heteroatoms. The van der Waals surface area contributed by atoms with Gasteiger partial charge in [-0.1, -0.05) is 42.6 Å². The van der Waals surface area contributed by atoms with Crippen LogP contribution in [0.1, 0.15) is 25.3 Å². The van der Waals surface area contributed by atoms with Crippen molar-refractivity contribution in [2.45, 2.75) is 32.4 Å². The SMILES string of the molecule is CCCC(N)C(=O)NCc1ccc(Cl)cc1Cl.Cl. The van der Waals surface area contributed by atoms with Crippen molar-refractivity contribution in [3.63, 3.8) is 0 Å². The van der Waals surface area contributed by atoms with E-state index in [1.807, 2.05) is 6.92 Å². The molecule has 1 rings (SSSR count). The van der Waals surface area contributed by atoms with Crippen LogP contribution in [0.2, 0.25) is 10.0 Å². The second-order valence-corrected chi connectivity index (χ2v) is 4.69. The van der Waals surface area contributed by atoms with E-state index in [2.05, 4.69) is 5.32 Å². The fourth-order valence-corrected chi connectivity index (χ4v) is 1.90. The van der Waals surface area contributed by atoms with Gasteiger partial charge in [0.2, 0.25) is 5.91 Å². The van der Waals surface area contributed by atoms with Crippen molar-refractivity contribution >= 4 is 41.5 Å². The van der Waals surface area contributed by atoms with Gasteiger partial charge in [0.1, 0.15) is 0 Å². The van der Waals surface area contributed by atoms with Gasteiger partial charge in [-0.3, -0.25) is 4.79 Å². The molecule has 0 aromatic heterocycles. The van der Waals surface area contributed by atoms with Crippen LogP contribution >= 0.6 is 35.6 Å². The highest BCUT2D eigenvalue weighted by molar-refractivity contribution is 6.35. The van der Waals surface area contributed by atoms with Crippen LogP contribution in [0.3, 0.4) is 0 Å². The molecule has 0 bridgehead atoms. The first-order valence-corrected chi connectivity index (χ1v) is 6.27. The number of nitrogens with two attached hydrogens (primary N) is 1. The van der Waals surface area contributed by atoms with Crippen LogP contribution in [0.25, 0.3) is 0 Å². The van der Waals surface area contributed by atoms with Crippen molar-refractivity contribution in [1.29, 1.82) is 0 Å². The van der Waals surface area contributed by atoms with E-state index in [-0.39, 0.29) is 18.3 Å². The Bertz CT molecular complexity index is 399. The number of rotatable bonds is 5. The molecule has 0 aliphatic heterocycles. The predicted octanol–water partition coefficient (Wildman–Crippen LogP) is 3.16. The van der Waals surface area contributed by atoms with E-state index in [0.29, 0.717) is 23.0 Å². The van der Waals surface area contributed by atoms with E-state index in [0.717, 1.165) is 12.0 Å².